The molecule has 4 nitrogen and oxygen atoms in total. The molecule has 0 atom stereocenters. The van der Waals surface area contributed by atoms with Gasteiger partial charge in [-0.1, -0.05) is 59.1 Å². The van der Waals surface area contributed by atoms with Crippen LogP contribution in [0.1, 0.15) is 25.7 Å². The van der Waals surface area contributed by atoms with Crippen molar-refractivity contribution in [2.24, 2.45) is 0 Å². The van der Waals surface area contributed by atoms with Gasteiger partial charge in [-0.3, -0.25) is 4.79 Å². The average molecular weight is 431 g/mol. The lowest BCUT2D eigenvalue weighted by atomic mass is 10.1. The van der Waals surface area contributed by atoms with Crippen LogP contribution in [0.2, 0.25) is 0 Å². The molecule has 0 saturated heterocycles. The summed E-state index contributed by atoms with van der Waals surface area (Å²) in [5, 5.41) is 1.51. The number of ether oxygens (including phenoxy) is 2. The van der Waals surface area contributed by atoms with Gasteiger partial charge in [0.2, 0.25) is 11.2 Å². The van der Waals surface area contributed by atoms with Gasteiger partial charge in [0.1, 0.15) is 11.3 Å². The van der Waals surface area contributed by atoms with E-state index >= 15 is 0 Å². The van der Waals surface area contributed by atoms with Crippen molar-refractivity contribution in [1.82, 2.24) is 0 Å². The SMILES string of the molecule is COc1ccc2c(=O)c(OCCCCCCBr)c(-c3ccccc3)oc2c1. The van der Waals surface area contributed by atoms with E-state index in [1.54, 1.807) is 25.3 Å². The topological polar surface area (TPSA) is 48.7 Å². The smallest absolute Gasteiger partial charge is 0.235 e. The number of fused-ring (bicyclic) bond motifs is 1. The molecule has 0 bridgehead atoms. The number of halogens is 1. The molecule has 3 aromatic rings. The Morgan fingerprint density at radius 1 is 1.00 bits per heavy atom. The van der Waals surface area contributed by atoms with Crippen molar-refractivity contribution in [2.45, 2.75) is 25.7 Å². The number of alkyl halides is 1. The number of rotatable bonds is 9. The van der Waals surface area contributed by atoms with Crippen molar-refractivity contribution >= 4 is 26.9 Å². The van der Waals surface area contributed by atoms with Gasteiger partial charge in [0.15, 0.2) is 5.76 Å². The summed E-state index contributed by atoms with van der Waals surface area (Å²) in [4.78, 5) is 13.1. The Labute approximate surface area is 167 Å². The molecule has 0 aliphatic carbocycles. The summed E-state index contributed by atoms with van der Waals surface area (Å²) >= 11 is 3.44. The summed E-state index contributed by atoms with van der Waals surface area (Å²) in [5.74, 6) is 1.38. The van der Waals surface area contributed by atoms with Crippen LogP contribution >= 0.6 is 15.9 Å². The lowest BCUT2D eigenvalue weighted by Crippen LogP contribution is -2.11. The summed E-state index contributed by atoms with van der Waals surface area (Å²) < 4.78 is 17.3. The Kier molecular flexibility index (Phi) is 6.93. The summed E-state index contributed by atoms with van der Waals surface area (Å²) in [6, 6.07) is 14.8. The second-order valence-electron chi connectivity index (χ2n) is 6.27. The van der Waals surface area contributed by atoms with Gasteiger partial charge in [-0.15, -0.1) is 0 Å². The lowest BCUT2D eigenvalue weighted by Gasteiger charge is -2.12. The predicted octanol–water partition coefficient (Wildman–Crippen LogP) is 5.80. The van der Waals surface area contributed by atoms with Gasteiger partial charge >= 0.3 is 0 Å². The maximum absolute atomic E-state index is 13.1. The maximum Gasteiger partial charge on any atom is 0.235 e. The van der Waals surface area contributed by atoms with Crippen molar-refractivity contribution in [3.63, 3.8) is 0 Å². The van der Waals surface area contributed by atoms with Crippen LogP contribution in [0.5, 0.6) is 11.5 Å². The molecule has 0 radical (unpaired) electrons. The summed E-state index contributed by atoms with van der Waals surface area (Å²) in [6.07, 6.45) is 4.27. The van der Waals surface area contributed by atoms with Gasteiger partial charge in [0.25, 0.3) is 0 Å². The largest absolute Gasteiger partial charge is 0.497 e. The quantitative estimate of drug-likeness (QED) is 0.317. The zero-order valence-electron chi connectivity index (χ0n) is 15.4. The Morgan fingerprint density at radius 3 is 2.52 bits per heavy atom. The molecule has 2 aromatic carbocycles. The van der Waals surface area contributed by atoms with Crippen molar-refractivity contribution in [3.05, 3.63) is 58.8 Å². The maximum atomic E-state index is 13.1. The molecule has 0 aliphatic heterocycles. The molecular weight excluding hydrogens is 408 g/mol. The zero-order valence-corrected chi connectivity index (χ0v) is 17.0. The second-order valence-corrected chi connectivity index (χ2v) is 7.06. The molecule has 0 N–H and O–H groups in total. The van der Waals surface area contributed by atoms with Gasteiger partial charge in [0, 0.05) is 17.0 Å². The van der Waals surface area contributed by atoms with Gasteiger partial charge < -0.3 is 13.9 Å². The van der Waals surface area contributed by atoms with E-state index in [-0.39, 0.29) is 11.2 Å². The zero-order chi connectivity index (χ0) is 19.1. The monoisotopic (exact) mass is 430 g/mol. The van der Waals surface area contributed by atoms with E-state index in [1.165, 1.54) is 0 Å². The van der Waals surface area contributed by atoms with Crippen LogP contribution in [0.4, 0.5) is 0 Å². The summed E-state index contributed by atoms with van der Waals surface area (Å²) in [5.41, 5.74) is 1.15. The first-order valence-corrected chi connectivity index (χ1v) is 10.3. The minimum Gasteiger partial charge on any atom is -0.497 e. The van der Waals surface area contributed by atoms with Gasteiger partial charge in [-0.25, -0.2) is 0 Å². The van der Waals surface area contributed by atoms with Crippen LogP contribution in [-0.4, -0.2) is 19.0 Å². The minimum absolute atomic E-state index is 0.154. The molecule has 5 heteroatoms. The van der Waals surface area contributed by atoms with E-state index in [4.69, 9.17) is 13.9 Å². The van der Waals surface area contributed by atoms with Crippen LogP contribution < -0.4 is 14.9 Å². The third-order valence-electron chi connectivity index (χ3n) is 4.37. The van der Waals surface area contributed by atoms with E-state index < -0.39 is 0 Å². The molecule has 1 aromatic heterocycles. The molecule has 0 spiro atoms. The molecule has 0 fully saturated rings. The molecule has 1 heterocycles. The Morgan fingerprint density at radius 2 is 1.78 bits per heavy atom. The fourth-order valence-electron chi connectivity index (χ4n) is 2.92. The van der Waals surface area contributed by atoms with E-state index in [9.17, 15) is 4.79 Å². The number of hydrogen-bond donors (Lipinski definition) is 0. The molecule has 0 amide bonds. The van der Waals surface area contributed by atoms with Crippen LogP contribution in [-0.2, 0) is 0 Å². The molecular formula is C22H23BrO4. The Balaban J connectivity index is 1.96. The van der Waals surface area contributed by atoms with E-state index in [0.29, 0.717) is 29.1 Å². The minimum atomic E-state index is -0.154. The standard InChI is InChI=1S/C22H23BrO4/c1-25-17-11-12-18-19(15-17)27-21(16-9-5-4-6-10-16)22(20(18)24)26-14-8-3-2-7-13-23/h4-6,9-12,15H,2-3,7-8,13-14H2,1H3. The highest BCUT2D eigenvalue weighted by molar-refractivity contribution is 9.09. The highest BCUT2D eigenvalue weighted by Crippen LogP contribution is 2.32. The predicted molar refractivity (Wildman–Crippen MR) is 112 cm³/mol. The van der Waals surface area contributed by atoms with E-state index in [2.05, 4.69) is 15.9 Å². The van der Waals surface area contributed by atoms with Crippen LogP contribution in [0.25, 0.3) is 22.3 Å². The van der Waals surface area contributed by atoms with Crippen LogP contribution in [0.15, 0.2) is 57.7 Å². The number of methoxy groups -OCH3 is 1. The summed E-state index contributed by atoms with van der Waals surface area (Å²) in [6.45, 7) is 0.495. The molecule has 3 rings (SSSR count). The van der Waals surface area contributed by atoms with Crippen molar-refractivity contribution in [1.29, 1.82) is 0 Å². The molecule has 0 aliphatic rings. The molecule has 0 saturated carbocycles. The lowest BCUT2D eigenvalue weighted by molar-refractivity contribution is 0.297. The fraction of sp³-hybridized carbons (Fsp3) is 0.318. The highest BCUT2D eigenvalue weighted by Gasteiger charge is 2.18. The Bertz CT molecular complexity index is 934. The third kappa shape index (κ3) is 4.72. The average Bonchev–Trinajstić information content (AvgIpc) is 2.72. The normalized spacial score (nSPS) is 10.9. The van der Waals surface area contributed by atoms with Gasteiger partial charge in [0.05, 0.1) is 19.1 Å². The highest BCUT2D eigenvalue weighted by atomic mass is 79.9. The number of unbranched alkanes of at least 4 members (excludes halogenated alkanes) is 3. The van der Waals surface area contributed by atoms with Crippen LogP contribution in [0.3, 0.4) is 0 Å². The number of hydrogen-bond acceptors (Lipinski definition) is 4. The molecule has 27 heavy (non-hydrogen) atoms. The van der Waals surface area contributed by atoms with Crippen molar-refractivity contribution in [2.75, 3.05) is 19.0 Å². The first-order chi connectivity index (χ1) is 13.2. The first kappa shape index (κ1) is 19.5. The second kappa shape index (κ2) is 9.60. The van der Waals surface area contributed by atoms with Crippen molar-refractivity contribution < 1.29 is 13.9 Å². The number of benzene rings is 2. The fourth-order valence-corrected chi connectivity index (χ4v) is 3.31. The van der Waals surface area contributed by atoms with E-state index in [1.807, 2.05) is 30.3 Å². The summed E-state index contributed by atoms with van der Waals surface area (Å²) in [7, 11) is 1.59. The Hall–Kier alpha value is -2.27. The van der Waals surface area contributed by atoms with E-state index in [0.717, 1.165) is 36.6 Å². The first-order valence-electron chi connectivity index (χ1n) is 9.13. The molecule has 0 unspecified atom stereocenters. The third-order valence-corrected chi connectivity index (χ3v) is 4.93. The molecule has 142 valence electrons. The van der Waals surface area contributed by atoms with Gasteiger partial charge in [-0.2, -0.15) is 0 Å². The van der Waals surface area contributed by atoms with Crippen molar-refractivity contribution in [3.8, 4) is 22.8 Å². The van der Waals surface area contributed by atoms with Crippen LogP contribution in [0, 0.1) is 0 Å². The van der Waals surface area contributed by atoms with Gasteiger partial charge in [-0.05, 0) is 25.0 Å².